The number of hydrogen-bond donors (Lipinski definition) is 0. The minimum absolute atomic E-state index is 0.342. The summed E-state index contributed by atoms with van der Waals surface area (Å²) in [6, 6.07) is 2.99. The van der Waals surface area contributed by atoms with Gasteiger partial charge in [-0.2, -0.15) is 13.2 Å². The Bertz CT molecular complexity index is 920. The summed E-state index contributed by atoms with van der Waals surface area (Å²) in [6.45, 7) is 2.06. The summed E-state index contributed by atoms with van der Waals surface area (Å²) in [5.41, 5.74) is -2.67. The van der Waals surface area contributed by atoms with E-state index >= 15 is 0 Å². The number of alkyl halides is 6. The summed E-state index contributed by atoms with van der Waals surface area (Å²) in [7, 11) is 0. The molecule has 0 aliphatic heterocycles. The second-order valence-electron chi connectivity index (χ2n) is 5.53. The van der Waals surface area contributed by atoms with E-state index in [1.165, 1.54) is 0 Å². The second-order valence-corrected chi connectivity index (χ2v) is 5.88. The highest BCUT2D eigenvalue weighted by Crippen LogP contribution is 2.40. The third-order valence-electron chi connectivity index (χ3n) is 3.68. The van der Waals surface area contributed by atoms with Crippen molar-refractivity contribution in [3.05, 3.63) is 52.3 Å². The molecular formula is C17H10ClF7O3. The molecular weight excluding hydrogens is 421 g/mol. The number of benzene rings is 2. The van der Waals surface area contributed by atoms with Crippen molar-refractivity contribution in [1.29, 1.82) is 0 Å². The van der Waals surface area contributed by atoms with Crippen molar-refractivity contribution in [2.45, 2.75) is 26.4 Å². The molecule has 2 rings (SSSR count). The largest absolute Gasteiger partial charge is 0.573 e. The summed E-state index contributed by atoms with van der Waals surface area (Å²) >= 11 is 5.37. The highest BCUT2D eigenvalue weighted by Gasteiger charge is 2.35. The van der Waals surface area contributed by atoms with Crippen LogP contribution in [-0.4, -0.2) is 11.6 Å². The van der Waals surface area contributed by atoms with Gasteiger partial charge in [0.05, 0.1) is 11.1 Å². The van der Waals surface area contributed by atoms with Crippen molar-refractivity contribution in [1.82, 2.24) is 0 Å². The molecule has 0 unspecified atom stereocenters. The van der Waals surface area contributed by atoms with E-state index in [0.717, 1.165) is 26.0 Å². The van der Waals surface area contributed by atoms with Crippen LogP contribution in [0.5, 0.6) is 17.2 Å². The number of rotatable bonds is 4. The minimum Gasteiger partial charge on any atom is -0.456 e. The van der Waals surface area contributed by atoms with Crippen molar-refractivity contribution in [2.75, 3.05) is 0 Å². The van der Waals surface area contributed by atoms with Crippen molar-refractivity contribution < 1.29 is 45.0 Å². The smallest absolute Gasteiger partial charge is 0.456 e. The van der Waals surface area contributed by atoms with Gasteiger partial charge in [-0.15, -0.1) is 13.2 Å². The van der Waals surface area contributed by atoms with E-state index in [9.17, 15) is 35.5 Å². The fraction of sp³-hybridized carbons (Fsp3) is 0.235. The Morgan fingerprint density at radius 3 is 1.93 bits per heavy atom. The van der Waals surface area contributed by atoms with Gasteiger partial charge in [0.15, 0.2) is 11.6 Å². The number of hydrogen-bond acceptors (Lipinski definition) is 3. The molecule has 152 valence electrons. The maximum atomic E-state index is 14.1. The molecule has 0 N–H and O–H groups in total. The fourth-order valence-corrected chi connectivity index (χ4v) is 2.63. The van der Waals surface area contributed by atoms with Crippen molar-refractivity contribution in [2.24, 2.45) is 0 Å². The molecule has 0 aliphatic carbocycles. The molecule has 0 fully saturated rings. The predicted octanol–water partition coefficient (Wildman–Crippen LogP) is 6.53. The topological polar surface area (TPSA) is 35.5 Å². The molecule has 0 heterocycles. The molecule has 0 amide bonds. The van der Waals surface area contributed by atoms with Crippen molar-refractivity contribution in [3.63, 3.8) is 0 Å². The van der Waals surface area contributed by atoms with Gasteiger partial charge in [-0.1, -0.05) is 0 Å². The normalized spacial score (nSPS) is 12.1. The minimum atomic E-state index is -5.13. The van der Waals surface area contributed by atoms with Gasteiger partial charge in [-0.05, 0) is 55.3 Å². The number of carbonyl (C=O) groups excluding carboxylic acids is 1. The van der Waals surface area contributed by atoms with E-state index < -0.39 is 57.4 Å². The van der Waals surface area contributed by atoms with E-state index in [4.69, 9.17) is 16.3 Å². The Hall–Kier alpha value is -2.49. The van der Waals surface area contributed by atoms with E-state index in [-0.39, 0.29) is 5.75 Å². The first-order valence-electron chi connectivity index (χ1n) is 7.35. The first kappa shape index (κ1) is 21.8. The molecule has 0 spiro atoms. The first-order chi connectivity index (χ1) is 12.7. The molecule has 3 nitrogen and oxygen atoms in total. The molecule has 0 radical (unpaired) electrons. The molecule has 11 heteroatoms. The third kappa shape index (κ3) is 4.67. The highest BCUT2D eigenvalue weighted by molar-refractivity contribution is 6.68. The molecule has 2 aromatic rings. The molecule has 28 heavy (non-hydrogen) atoms. The predicted molar refractivity (Wildman–Crippen MR) is 84.3 cm³/mol. The Morgan fingerprint density at radius 2 is 1.43 bits per heavy atom. The van der Waals surface area contributed by atoms with Crippen LogP contribution in [0, 0.1) is 19.7 Å². The summed E-state index contributed by atoms with van der Waals surface area (Å²) in [5.74, 6) is -3.27. The van der Waals surface area contributed by atoms with Crippen LogP contribution in [-0.2, 0) is 6.18 Å². The maximum Gasteiger partial charge on any atom is 0.573 e. The summed E-state index contributed by atoms with van der Waals surface area (Å²) in [6.07, 6.45) is -9.89. The number of carbonyl (C=O) groups is 1. The lowest BCUT2D eigenvalue weighted by atomic mass is 10.0. The zero-order valence-corrected chi connectivity index (χ0v) is 14.8. The van der Waals surface area contributed by atoms with Gasteiger partial charge in [0, 0.05) is 5.56 Å². The van der Waals surface area contributed by atoms with E-state index in [2.05, 4.69) is 4.74 Å². The monoisotopic (exact) mass is 430 g/mol. The van der Waals surface area contributed by atoms with Gasteiger partial charge >= 0.3 is 12.5 Å². The van der Waals surface area contributed by atoms with Crippen LogP contribution in [0.15, 0.2) is 24.3 Å². The third-order valence-corrected chi connectivity index (χ3v) is 3.86. The standard InChI is InChI=1S/C17H10ClF7O3/c1-7-9(16(20,21)22)3-4-11(13(7)15(18)26)27-10-5-6-12(14(19)8(10)2)28-17(23,24)25/h3-6H,1-2H3. The average Bonchev–Trinajstić information content (AvgIpc) is 2.52. The Labute approximate surface area is 158 Å². The van der Waals surface area contributed by atoms with Crippen LogP contribution >= 0.6 is 11.6 Å². The van der Waals surface area contributed by atoms with E-state index in [0.29, 0.717) is 12.1 Å². The lowest BCUT2D eigenvalue weighted by molar-refractivity contribution is -0.275. The quantitative estimate of drug-likeness (QED) is 0.408. The Kier molecular flexibility index (Phi) is 5.84. The van der Waals surface area contributed by atoms with E-state index in [1.807, 2.05) is 0 Å². The molecule has 0 saturated heterocycles. The number of ether oxygens (including phenoxy) is 2. The molecule has 0 bridgehead atoms. The fourth-order valence-electron chi connectivity index (χ4n) is 2.40. The lowest BCUT2D eigenvalue weighted by Gasteiger charge is -2.18. The molecule has 0 atom stereocenters. The maximum absolute atomic E-state index is 14.1. The molecule has 0 aliphatic rings. The van der Waals surface area contributed by atoms with Gasteiger partial charge < -0.3 is 9.47 Å². The summed E-state index contributed by atoms with van der Waals surface area (Å²) in [4.78, 5) is 11.6. The van der Waals surface area contributed by atoms with Crippen LogP contribution in [0.3, 0.4) is 0 Å². The van der Waals surface area contributed by atoms with Gasteiger partial charge in [0.25, 0.3) is 5.24 Å². The summed E-state index contributed by atoms with van der Waals surface area (Å²) < 4.78 is 98.7. The van der Waals surface area contributed by atoms with Crippen LogP contribution in [0.25, 0.3) is 0 Å². The van der Waals surface area contributed by atoms with Crippen LogP contribution < -0.4 is 9.47 Å². The molecule has 2 aromatic carbocycles. The molecule has 0 saturated carbocycles. The Morgan fingerprint density at radius 1 is 0.893 bits per heavy atom. The zero-order chi connectivity index (χ0) is 21.4. The van der Waals surface area contributed by atoms with Gasteiger partial charge in [-0.25, -0.2) is 4.39 Å². The van der Waals surface area contributed by atoms with Gasteiger partial charge in [-0.3, -0.25) is 4.79 Å². The van der Waals surface area contributed by atoms with Gasteiger partial charge in [0.2, 0.25) is 0 Å². The van der Waals surface area contributed by atoms with Gasteiger partial charge in [0.1, 0.15) is 11.5 Å². The summed E-state index contributed by atoms with van der Waals surface area (Å²) in [5, 5.41) is -1.26. The second kappa shape index (κ2) is 7.50. The van der Waals surface area contributed by atoms with Crippen LogP contribution in [0.2, 0.25) is 0 Å². The van der Waals surface area contributed by atoms with Crippen LogP contribution in [0.4, 0.5) is 30.7 Å². The highest BCUT2D eigenvalue weighted by atomic mass is 35.5. The number of halogens is 8. The average molecular weight is 431 g/mol. The first-order valence-corrected chi connectivity index (χ1v) is 7.73. The van der Waals surface area contributed by atoms with E-state index in [1.54, 1.807) is 0 Å². The zero-order valence-electron chi connectivity index (χ0n) is 14.1. The van der Waals surface area contributed by atoms with Crippen molar-refractivity contribution in [3.8, 4) is 17.2 Å². The Balaban J connectivity index is 2.50. The van der Waals surface area contributed by atoms with Crippen LogP contribution in [0.1, 0.15) is 27.0 Å². The SMILES string of the molecule is Cc1c(Oc2ccc(C(F)(F)F)c(C)c2C(=O)Cl)ccc(OC(F)(F)F)c1F. The molecule has 0 aromatic heterocycles. The van der Waals surface area contributed by atoms with Crippen molar-refractivity contribution >= 4 is 16.8 Å². The lowest BCUT2D eigenvalue weighted by Crippen LogP contribution is -2.18.